The zero-order chi connectivity index (χ0) is 16.0. The van der Waals surface area contributed by atoms with Crippen molar-refractivity contribution >= 4 is 10.0 Å². The van der Waals surface area contributed by atoms with Crippen LogP contribution in [-0.4, -0.2) is 34.2 Å². The van der Waals surface area contributed by atoms with E-state index in [9.17, 15) is 8.42 Å². The van der Waals surface area contributed by atoms with Gasteiger partial charge >= 0.3 is 0 Å². The summed E-state index contributed by atoms with van der Waals surface area (Å²) in [5.74, 6) is 0. The molecule has 0 bridgehead atoms. The van der Waals surface area contributed by atoms with Crippen molar-refractivity contribution in [3.63, 3.8) is 0 Å². The van der Waals surface area contributed by atoms with Crippen LogP contribution in [-0.2, 0) is 21.3 Å². The molecule has 5 nitrogen and oxygen atoms in total. The topological polar surface area (TPSA) is 67.4 Å². The van der Waals surface area contributed by atoms with Gasteiger partial charge in [0.1, 0.15) is 0 Å². The number of aryl methyl sites for hydroxylation is 1. The molecule has 0 aliphatic carbocycles. The lowest BCUT2D eigenvalue weighted by atomic mass is 10.1. The molecule has 0 spiro atoms. The molecule has 0 aromatic heterocycles. The highest BCUT2D eigenvalue weighted by molar-refractivity contribution is 7.89. The number of hydrogen-bond donors (Lipinski definition) is 2. The molecule has 21 heavy (non-hydrogen) atoms. The van der Waals surface area contributed by atoms with Crippen molar-refractivity contribution in [3.05, 3.63) is 29.3 Å². The van der Waals surface area contributed by atoms with E-state index in [2.05, 4.69) is 23.9 Å². The zero-order valence-corrected chi connectivity index (χ0v) is 14.3. The average Bonchev–Trinajstić information content (AvgIpc) is 2.36. The molecule has 120 valence electrons. The molecule has 1 rings (SSSR count). The number of nitrogens with one attached hydrogen (secondary N) is 2. The van der Waals surface area contributed by atoms with Crippen LogP contribution in [0.2, 0.25) is 0 Å². The molecule has 0 aliphatic heterocycles. The summed E-state index contributed by atoms with van der Waals surface area (Å²) in [7, 11) is -1.97. The second-order valence-electron chi connectivity index (χ2n) is 5.60. The third-order valence-electron chi connectivity index (χ3n) is 3.10. The fourth-order valence-corrected chi connectivity index (χ4v) is 3.21. The molecular weight excluding hydrogens is 288 g/mol. The Morgan fingerprint density at radius 3 is 2.48 bits per heavy atom. The van der Waals surface area contributed by atoms with Crippen LogP contribution in [0.3, 0.4) is 0 Å². The molecule has 0 saturated heterocycles. The molecule has 1 atom stereocenters. The molecule has 6 heteroatoms. The van der Waals surface area contributed by atoms with E-state index in [1.807, 2.05) is 13.0 Å². The number of benzene rings is 1. The summed E-state index contributed by atoms with van der Waals surface area (Å²) >= 11 is 0. The molecule has 0 aliphatic rings. The summed E-state index contributed by atoms with van der Waals surface area (Å²) in [5.41, 5.74) is 2.07. The third kappa shape index (κ3) is 5.74. The molecule has 0 saturated carbocycles. The minimum Gasteiger partial charge on any atom is -0.383 e. The largest absolute Gasteiger partial charge is 0.383 e. The Morgan fingerprint density at radius 2 is 1.90 bits per heavy atom. The second-order valence-corrected chi connectivity index (χ2v) is 7.32. The van der Waals surface area contributed by atoms with Gasteiger partial charge in [0.25, 0.3) is 0 Å². The quantitative estimate of drug-likeness (QED) is 0.768. The number of rotatable bonds is 8. The maximum absolute atomic E-state index is 12.3. The first-order chi connectivity index (χ1) is 9.76. The van der Waals surface area contributed by atoms with Gasteiger partial charge in [0, 0.05) is 25.7 Å². The van der Waals surface area contributed by atoms with Crippen LogP contribution in [0.15, 0.2) is 23.1 Å². The Hall–Kier alpha value is -0.950. The number of sulfonamides is 1. The smallest absolute Gasteiger partial charge is 0.240 e. The summed E-state index contributed by atoms with van der Waals surface area (Å²) < 4.78 is 32.2. The minimum atomic E-state index is -3.52. The van der Waals surface area contributed by atoms with Gasteiger partial charge in [-0.1, -0.05) is 19.9 Å². The highest BCUT2D eigenvalue weighted by Crippen LogP contribution is 2.16. The monoisotopic (exact) mass is 314 g/mol. The van der Waals surface area contributed by atoms with Crippen molar-refractivity contribution < 1.29 is 13.2 Å². The first kappa shape index (κ1) is 18.1. The molecule has 0 amide bonds. The molecule has 2 N–H and O–H groups in total. The Kier molecular flexibility index (Phi) is 6.80. The average molecular weight is 314 g/mol. The standard InChI is InChI=1S/C15H26N2O3S/c1-11(2)16-9-14-8-15(7-6-12(14)3)21(18,19)17-13(4)10-20-5/h6-8,11,13,16-17H,9-10H2,1-5H3. The molecular formula is C15H26N2O3S. The van der Waals surface area contributed by atoms with E-state index in [1.54, 1.807) is 26.2 Å². The summed E-state index contributed by atoms with van der Waals surface area (Å²) in [6.45, 7) is 8.87. The van der Waals surface area contributed by atoms with Gasteiger partial charge in [0.2, 0.25) is 10.0 Å². The van der Waals surface area contributed by atoms with Gasteiger partial charge in [0.05, 0.1) is 11.5 Å². The van der Waals surface area contributed by atoms with Crippen LogP contribution in [0.5, 0.6) is 0 Å². The predicted octanol–water partition coefficient (Wildman–Crippen LogP) is 1.81. The van der Waals surface area contributed by atoms with E-state index in [1.165, 1.54) is 0 Å². The summed E-state index contributed by atoms with van der Waals surface area (Å²) in [5, 5.41) is 3.31. The van der Waals surface area contributed by atoms with E-state index >= 15 is 0 Å². The highest BCUT2D eigenvalue weighted by Gasteiger charge is 2.18. The maximum atomic E-state index is 12.3. The molecule has 0 heterocycles. The van der Waals surface area contributed by atoms with Crippen LogP contribution < -0.4 is 10.0 Å². The van der Waals surface area contributed by atoms with Gasteiger partial charge < -0.3 is 10.1 Å². The summed E-state index contributed by atoms with van der Waals surface area (Å²) in [6, 6.07) is 5.29. The molecule has 0 radical (unpaired) electrons. The van der Waals surface area contributed by atoms with Gasteiger partial charge in [-0.05, 0) is 37.1 Å². The van der Waals surface area contributed by atoms with E-state index in [0.717, 1.165) is 11.1 Å². The lowest BCUT2D eigenvalue weighted by Crippen LogP contribution is -2.35. The SMILES string of the molecule is COCC(C)NS(=O)(=O)c1ccc(C)c(CNC(C)C)c1. The molecule has 1 aromatic carbocycles. The fraction of sp³-hybridized carbons (Fsp3) is 0.600. The van der Waals surface area contributed by atoms with Crippen molar-refractivity contribution in [2.24, 2.45) is 0 Å². The number of methoxy groups -OCH3 is 1. The predicted molar refractivity (Wildman–Crippen MR) is 84.8 cm³/mol. The first-order valence-electron chi connectivity index (χ1n) is 7.10. The minimum absolute atomic E-state index is 0.265. The van der Waals surface area contributed by atoms with Crippen LogP contribution in [0, 0.1) is 6.92 Å². The zero-order valence-electron chi connectivity index (χ0n) is 13.4. The molecule has 1 aromatic rings. The molecule has 1 unspecified atom stereocenters. The van der Waals surface area contributed by atoms with Gasteiger partial charge in [-0.3, -0.25) is 0 Å². The fourth-order valence-electron chi connectivity index (χ4n) is 1.94. The number of hydrogen-bond acceptors (Lipinski definition) is 4. The lowest BCUT2D eigenvalue weighted by Gasteiger charge is -2.15. The number of ether oxygens (including phenoxy) is 1. The first-order valence-corrected chi connectivity index (χ1v) is 8.58. The second kappa shape index (κ2) is 7.89. The summed E-state index contributed by atoms with van der Waals surface area (Å²) in [6.07, 6.45) is 0. The van der Waals surface area contributed by atoms with E-state index in [0.29, 0.717) is 19.2 Å². The van der Waals surface area contributed by atoms with Crippen molar-refractivity contribution in [1.29, 1.82) is 0 Å². The van der Waals surface area contributed by atoms with Crippen molar-refractivity contribution in [3.8, 4) is 0 Å². The Labute approximate surface area is 128 Å². The van der Waals surface area contributed by atoms with Gasteiger partial charge in [-0.25, -0.2) is 13.1 Å². The van der Waals surface area contributed by atoms with E-state index < -0.39 is 10.0 Å². The van der Waals surface area contributed by atoms with Crippen LogP contribution in [0.4, 0.5) is 0 Å². The Balaban J connectivity index is 2.94. The van der Waals surface area contributed by atoms with Crippen LogP contribution in [0.1, 0.15) is 31.9 Å². The van der Waals surface area contributed by atoms with E-state index in [4.69, 9.17) is 4.74 Å². The van der Waals surface area contributed by atoms with Gasteiger partial charge in [-0.15, -0.1) is 0 Å². The summed E-state index contributed by atoms with van der Waals surface area (Å²) in [4.78, 5) is 0.289. The van der Waals surface area contributed by atoms with Gasteiger partial charge in [-0.2, -0.15) is 0 Å². The van der Waals surface area contributed by atoms with Crippen LogP contribution in [0.25, 0.3) is 0 Å². The lowest BCUT2D eigenvalue weighted by molar-refractivity contribution is 0.180. The van der Waals surface area contributed by atoms with Crippen molar-refractivity contribution in [1.82, 2.24) is 10.0 Å². The normalized spacial score (nSPS) is 13.6. The Morgan fingerprint density at radius 1 is 1.24 bits per heavy atom. The maximum Gasteiger partial charge on any atom is 0.240 e. The van der Waals surface area contributed by atoms with Gasteiger partial charge in [0.15, 0.2) is 0 Å². The highest BCUT2D eigenvalue weighted by atomic mass is 32.2. The van der Waals surface area contributed by atoms with Crippen molar-refractivity contribution in [2.45, 2.75) is 51.2 Å². The third-order valence-corrected chi connectivity index (χ3v) is 4.69. The Bertz CT molecular complexity index is 556. The van der Waals surface area contributed by atoms with Crippen molar-refractivity contribution in [2.75, 3.05) is 13.7 Å². The van der Waals surface area contributed by atoms with E-state index in [-0.39, 0.29) is 10.9 Å². The van der Waals surface area contributed by atoms with Crippen LogP contribution >= 0.6 is 0 Å². The molecule has 0 fully saturated rings.